The lowest BCUT2D eigenvalue weighted by Gasteiger charge is -2.19. The SMILES string of the molecule is CC(C)(C)c1ccc(S(=O)(=O)Nc2ccc(Cn3cncn3)cc2)cc1. The standard InChI is InChI=1S/C19H22N4O2S/c1-19(2,3)16-6-10-18(11-7-16)26(24,25)22-17-8-4-15(5-9-17)12-23-14-20-13-21-23/h4-11,13-14,22H,12H2,1-3H3. The van der Waals surface area contributed by atoms with Crippen molar-refractivity contribution in [3.05, 3.63) is 72.3 Å². The highest BCUT2D eigenvalue weighted by molar-refractivity contribution is 7.92. The van der Waals surface area contributed by atoms with Crippen LogP contribution in [0.2, 0.25) is 0 Å². The predicted octanol–water partition coefficient (Wildman–Crippen LogP) is 3.42. The van der Waals surface area contributed by atoms with Crippen molar-refractivity contribution in [1.82, 2.24) is 14.8 Å². The van der Waals surface area contributed by atoms with E-state index in [9.17, 15) is 8.42 Å². The third kappa shape index (κ3) is 4.29. The van der Waals surface area contributed by atoms with E-state index in [0.717, 1.165) is 11.1 Å². The Hall–Kier alpha value is -2.67. The molecule has 0 saturated carbocycles. The van der Waals surface area contributed by atoms with Gasteiger partial charge in [0.25, 0.3) is 10.0 Å². The molecule has 0 bridgehead atoms. The molecule has 0 unspecified atom stereocenters. The van der Waals surface area contributed by atoms with Gasteiger partial charge in [0.05, 0.1) is 11.4 Å². The van der Waals surface area contributed by atoms with Gasteiger partial charge in [0.1, 0.15) is 12.7 Å². The number of rotatable bonds is 5. The Labute approximate surface area is 154 Å². The second-order valence-corrected chi connectivity index (χ2v) is 8.85. The van der Waals surface area contributed by atoms with E-state index in [1.54, 1.807) is 35.3 Å². The summed E-state index contributed by atoms with van der Waals surface area (Å²) in [6.45, 7) is 6.86. The van der Waals surface area contributed by atoms with Crippen LogP contribution >= 0.6 is 0 Å². The second kappa shape index (κ2) is 6.92. The number of aromatic nitrogens is 3. The molecule has 6 nitrogen and oxygen atoms in total. The molecule has 136 valence electrons. The number of anilines is 1. The molecule has 0 radical (unpaired) electrons. The molecule has 0 spiro atoms. The Morgan fingerprint density at radius 1 is 1.00 bits per heavy atom. The number of benzene rings is 2. The fourth-order valence-corrected chi connectivity index (χ4v) is 3.59. The van der Waals surface area contributed by atoms with Crippen molar-refractivity contribution in [2.45, 2.75) is 37.6 Å². The average Bonchev–Trinajstić information content (AvgIpc) is 3.09. The van der Waals surface area contributed by atoms with Gasteiger partial charge in [-0.2, -0.15) is 5.10 Å². The van der Waals surface area contributed by atoms with Crippen LogP contribution in [-0.4, -0.2) is 23.2 Å². The topological polar surface area (TPSA) is 76.9 Å². The zero-order chi connectivity index (χ0) is 18.8. The van der Waals surface area contributed by atoms with Gasteiger partial charge in [0, 0.05) is 5.69 Å². The van der Waals surface area contributed by atoms with E-state index in [0.29, 0.717) is 12.2 Å². The number of hydrogen-bond donors (Lipinski definition) is 1. The molecule has 0 aliphatic carbocycles. The first-order valence-electron chi connectivity index (χ1n) is 8.29. The molecule has 1 aromatic heterocycles. The van der Waals surface area contributed by atoms with Gasteiger partial charge in [0.2, 0.25) is 0 Å². The normalized spacial score (nSPS) is 12.1. The molecule has 0 fully saturated rings. The summed E-state index contributed by atoms with van der Waals surface area (Å²) in [5.74, 6) is 0. The van der Waals surface area contributed by atoms with Crippen LogP contribution in [0.1, 0.15) is 31.9 Å². The second-order valence-electron chi connectivity index (χ2n) is 7.17. The van der Waals surface area contributed by atoms with Crippen molar-refractivity contribution in [2.75, 3.05) is 4.72 Å². The van der Waals surface area contributed by atoms with E-state index in [1.165, 1.54) is 6.33 Å². The largest absolute Gasteiger partial charge is 0.280 e. The van der Waals surface area contributed by atoms with Gasteiger partial charge < -0.3 is 0 Å². The summed E-state index contributed by atoms with van der Waals surface area (Å²) in [5, 5.41) is 4.05. The summed E-state index contributed by atoms with van der Waals surface area (Å²) in [6, 6.07) is 14.2. The lowest BCUT2D eigenvalue weighted by molar-refractivity contribution is 0.587. The lowest BCUT2D eigenvalue weighted by atomic mass is 9.87. The summed E-state index contributed by atoms with van der Waals surface area (Å²) in [6.07, 6.45) is 3.12. The van der Waals surface area contributed by atoms with Crippen LogP contribution < -0.4 is 4.72 Å². The van der Waals surface area contributed by atoms with Gasteiger partial charge in [-0.3, -0.25) is 4.72 Å². The predicted molar refractivity (Wildman–Crippen MR) is 102 cm³/mol. The Bertz CT molecular complexity index is 956. The number of nitrogens with one attached hydrogen (secondary N) is 1. The van der Waals surface area contributed by atoms with Gasteiger partial charge in [-0.05, 0) is 40.8 Å². The highest BCUT2D eigenvalue weighted by atomic mass is 32.2. The summed E-state index contributed by atoms with van der Waals surface area (Å²) in [4.78, 5) is 4.15. The maximum atomic E-state index is 12.6. The van der Waals surface area contributed by atoms with Crippen molar-refractivity contribution >= 4 is 15.7 Å². The Balaban J connectivity index is 1.72. The fourth-order valence-electron chi connectivity index (χ4n) is 2.53. The molecule has 0 atom stereocenters. The zero-order valence-electron chi connectivity index (χ0n) is 15.0. The summed E-state index contributed by atoms with van der Waals surface area (Å²) in [5.41, 5.74) is 2.60. The van der Waals surface area contributed by atoms with Crippen LogP contribution in [0, 0.1) is 0 Å². The maximum Gasteiger partial charge on any atom is 0.261 e. The number of nitrogens with zero attached hydrogens (tertiary/aromatic N) is 3. The average molecular weight is 370 g/mol. The molecule has 1 heterocycles. The molecule has 0 aliphatic rings. The van der Waals surface area contributed by atoms with E-state index in [2.05, 4.69) is 35.6 Å². The van der Waals surface area contributed by atoms with E-state index in [4.69, 9.17) is 0 Å². The molecule has 3 aromatic rings. The third-order valence-electron chi connectivity index (χ3n) is 4.05. The van der Waals surface area contributed by atoms with E-state index < -0.39 is 10.0 Å². The molecule has 0 aliphatic heterocycles. The van der Waals surface area contributed by atoms with Gasteiger partial charge >= 0.3 is 0 Å². The van der Waals surface area contributed by atoms with Gasteiger partial charge in [-0.1, -0.05) is 45.0 Å². The summed E-state index contributed by atoms with van der Waals surface area (Å²) in [7, 11) is -3.62. The van der Waals surface area contributed by atoms with Crippen LogP contribution in [0.3, 0.4) is 0 Å². The third-order valence-corrected chi connectivity index (χ3v) is 5.45. The first-order chi connectivity index (χ1) is 12.2. The fraction of sp³-hybridized carbons (Fsp3) is 0.263. The van der Waals surface area contributed by atoms with E-state index >= 15 is 0 Å². The lowest BCUT2D eigenvalue weighted by Crippen LogP contribution is -2.15. The van der Waals surface area contributed by atoms with E-state index in [1.807, 2.05) is 24.3 Å². The maximum absolute atomic E-state index is 12.6. The molecule has 0 amide bonds. The monoisotopic (exact) mass is 370 g/mol. The van der Waals surface area contributed by atoms with Gasteiger partial charge in [-0.25, -0.2) is 18.1 Å². The summed E-state index contributed by atoms with van der Waals surface area (Å²) >= 11 is 0. The molecular weight excluding hydrogens is 348 g/mol. The quantitative estimate of drug-likeness (QED) is 0.746. The molecule has 2 aromatic carbocycles. The molecule has 1 N–H and O–H groups in total. The van der Waals surface area contributed by atoms with Crippen molar-refractivity contribution < 1.29 is 8.42 Å². The molecular formula is C19H22N4O2S. The molecule has 7 heteroatoms. The van der Waals surface area contributed by atoms with Crippen LogP contribution in [0.25, 0.3) is 0 Å². The minimum atomic E-state index is -3.62. The van der Waals surface area contributed by atoms with Crippen LogP contribution in [0.5, 0.6) is 0 Å². The first-order valence-corrected chi connectivity index (χ1v) is 9.77. The molecule has 26 heavy (non-hydrogen) atoms. The molecule has 3 rings (SSSR count). The van der Waals surface area contributed by atoms with Crippen molar-refractivity contribution in [1.29, 1.82) is 0 Å². The highest BCUT2D eigenvalue weighted by Crippen LogP contribution is 2.24. The highest BCUT2D eigenvalue weighted by Gasteiger charge is 2.17. The van der Waals surface area contributed by atoms with Crippen molar-refractivity contribution in [2.24, 2.45) is 0 Å². The number of hydrogen-bond acceptors (Lipinski definition) is 4. The van der Waals surface area contributed by atoms with Gasteiger partial charge in [-0.15, -0.1) is 0 Å². The van der Waals surface area contributed by atoms with Crippen LogP contribution in [0.15, 0.2) is 66.1 Å². The van der Waals surface area contributed by atoms with Gasteiger partial charge in [0.15, 0.2) is 0 Å². The smallest absolute Gasteiger partial charge is 0.261 e. The van der Waals surface area contributed by atoms with Crippen LogP contribution in [0.4, 0.5) is 5.69 Å². The Morgan fingerprint density at radius 3 is 2.19 bits per heavy atom. The van der Waals surface area contributed by atoms with Crippen molar-refractivity contribution in [3.8, 4) is 0 Å². The minimum Gasteiger partial charge on any atom is -0.280 e. The Morgan fingerprint density at radius 2 is 1.65 bits per heavy atom. The first kappa shape index (κ1) is 18.1. The van der Waals surface area contributed by atoms with Crippen LogP contribution in [-0.2, 0) is 22.0 Å². The van der Waals surface area contributed by atoms with E-state index in [-0.39, 0.29) is 10.3 Å². The minimum absolute atomic E-state index is 0.0182. The van der Waals surface area contributed by atoms with Crippen molar-refractivity contribution in [3.63, 3.8) is 0 Å². The molecule has 0 saturated heterocycles. The number of sulfonamides is 1. The zero-order valence-corrected chi connectivity index (χ0v) is 15.9. The summed E-state index contributed by atoms with van der Waals surface area (Å²) < 4.78 is 29.5. The Kier molecular flexibility index (Phi) is 4.82.